The first-order valence-corrected chi connectivity index (χ1v) is 3.33. The zero-order valence-electron chi connectivity index (χ0n) is 3.81. The molecule has 0 rings (SSSR count). The average Bonchev–Trinajstić information content (AvgIpc) is 1.37. The third kappa shape index (κ3) is 18.9. The van der Waals surface area contributed by atoms with Crippen molar-refractivity contribution < 1.29 is 0 Å². The van der Waals surface area contributed by atoms with E-state index in [1.807, 2.05) is 18.6 Å². The summed E-state index contributed by atoms with van der Waals surface area (Å²) in [6.45, 7) is 2.20. The Bertz CT molecular complexity index is 10.8. The van der Waals surface area contributed by atoms with Gasteiger partial charge in [-0.25, -0.2) is 0 Å². The van der Waals surface area contributed by atoms with Crippen LogP contribution in [0.15, 0.2) is 0 Å². The van der Waals surface area contributed by atoms with Crippen molar-refractivity contribution in [3.8, 4) is 0 Å². The molecule has 0 aliphatic carbocycles. The second-order valence-electron chi connectivity index (χ2n) is 0.789. The summed E-state index contributed by atoms with van der Waals surface area (Å²) in [4.78, 5) is 1.38. The van der Waals surface area contributed by atoms with Crippen LogP contribution in [-0.4, -0.2) is 18.6 Å². The maximum atomic E-state index is 2.20. The minimum Gasteiger partial charge on any atom is -0.147 e. The van der Waals surface area contributed by atoms with E-state index in [1.165, 1.54) is 11.4 Å². The van der Waals surface area contributed by atoms with E-state index in [4.69, 9.17) is 0 Å². The molecule has 0 bridgehead atoms. The van der Waals surface area contributed by atoms with Crippen molar-refractivity contribution in [1.29, 1.82) is 0 Å². The van der Waals surface area contributed by atoms with Gasteiger partial charge in [0.2, 0.25) is 0 Å². The van der Waals surface area contributed by atoms with Crippen LogP contribution in [0.25, 0.3) is 0 Å². The first-order chi connectivity index (χ1) is 1.91. The van der Waals surface area contributed by atoms with Crippen LogP contribution in [0.2, 0.25) is 4.98 Å². The smallest absolute Gasteiger partial charge is 0.147 e. The monoisotopic (exact) mass is 184 g/mol. The van der Waals surface area contributed by atoms with Crippen molar-refractivity contribution in [2.75, 3.05) is 0 Å². The van der Waals surface area contributed by atoms with Gasteiger partial charge in [0.15, 0.2) is 0 Å². The predicted octanol–water partition coefficient (Wildman–Crippen LogP) is 1.83. The largest absolute Gasteiger partial charge is 0.147 e. The summed E-state index contributed by atoms with van der Waals surface area (Å²) in [5, 5.41) is 0. The summed E-state index contributed by atoms with van der Waals surface area (Å²) in [5.41, 5.74) is 0. The van der Waals surface area contributed by atoms with Gasteiger partial charge in [-0.15, -0.1) is 24.8 Å². The first kappa shape index (κ1) is 15.7. The summed E-state index contributed by atoms with van der Waals surface area (Å²) in [5.74, 6) is 0. The van der Waals surface area contributed by atoms with Gasteiger partial charge in [-0.1, -0.05) is 0 Å². The minimum absolute atomic E-state index is 0. The quantitative estimate of drug-likeness (QED) is 0.547. The summed E-state index contributed by atoms with van der Waals surface area (Å²) in [6.07, 6.45) is 1.35. The molecule has 0 unspecified atom stereocenters. The Kier molecular flexibility index (Phi) is 42.7. The third-order valence-electron chi connectivity index (χ3n) is 0.289. The van der Waals surface area contributed by atoms with Gasteiger partial charge in [0, 0.05) is 0 Å². The van der Waals surface area contributed by atoms with E-state index in [1.54, 1.807) is 0 Å². The van der Waals surface area contributed by atoms with Gasteiger partial charge in [0.25, 0.3) is 0 Å². The average molecular weight is 186 g/mol. The van der Waals surface area contributed by atoms with Crippen molar-refractivity contribution in [2.45, 2.75) is 18.3 Å². The van der Waals surface area contributed by atoms with Gasteiger partial charge >= 0.3 is 36.9 Å². The van der Waals surface area contributed by atoms with Crippen molar-refractivity contribution >= 4 is 43.4 Å². The number of halogens is 2. The van der Waals surface area contributed by atoms with E-state index < -0.39 is 0 Å². The van der Waals surface area contributed by atoms with Gasteiger partial charge in [-0.2, -0.15) is 0 Å². The van der Waals surface area contributed by atoms with E-state index in [9.17, 15) is 0 Å². The molecule has 0 amide bonds. The normalized spacial score (nSPS) is 4.83. The van der Waals surface area contributed by atoms with E-state index in [0.717, 1.165) is 0 Å². The zero-order valence-corrected chi connectivity index (χ0v) is 7.86. The molecule has 0 aromatic heterocycles. The van der Waals surface area contributed by atoms with Crippen LogP contribution in [0.1, 0.15) is 13.3 Å². The summed E-state index contributed by atoms with van der Waals surface area (Å²) in [7, 11) is 0. The fourth-order valence-corrected chi connectivity index (χ4v) is 0. The molecule has 0 heterocycles. The first-order valence-electron chi connectivity index (χ1n) is 1.62. The molecule has 0 saturated carbocycles. The second kappa shape index (κ2) is 16.4. The van der Waals surface area contributed by atoms with E-state index in [2.05, 4.69) is 6.92 Å². The summed E-state index contributed by atoms with van der Waals surface area (Å²) in [6, 6.07) is 0. The number of hydrogen-bond acceptors (Lipinski definition) is 0. The Labute approximate surface area is 61.8 Å². The molecule has 0 aliphatic heterocycles. The Balaban J connectivity index is -0.0000000450. The van der Waals surface area contributed by atoms with Crippen LogP contribution in [0.3, 0.4) is 0 Å². The molecule has 3 heteroatoms. The Morgan fingerprint density at radius 2 is 1.50 bits per heavy atom. The molecule has 0 saturated heterocycles. The fourth-order valence-electron chi connectivity index (χ4n) is 0. The molecule has 0 atom stereocenters. The van der Waals surface area contributed by atoms with Crippen LogP contribution in [0.5, 0.6) is 0 Å². The van der Waals surface area contributed by atoms with E-state index in [-0.39, 0.29) is 24.8 Å². The molecule has 0 aromatic carbocycles. The van der Waals surface area contributed by atoms with Crippen molar-refractivity contribution in [2.24, 2.45) is 0 Å². The molecule has 0 fully saturated rings. The summed E-state index contributed by atoms with van der Waals surface area (Å²) < 4.78 is 0. The van der Waals surface area contributed by atoms with Gasteiger partial charge in [0.1, 0.15) is 0 Å². The Morgan fingerprint density at radius 3 is 1.50 bits per heavy atom. The maximum absolute atomic E-state index is 2.20. The fraction of sp³-hybridized carbons (Fsp3) is 1.00. The number of hydrogen-bond donors (Lipinski definition) is 0. The van der Waals surface area contributed by atoms with Gasteiger partial charge in [-0.05, 0) is 0 Å². The van der Waals surface area contributed by atoms with Crippen LogP contribution >= 0.6 is 24.8 Å². The molecule has 6 heavy (non-hydrogen) atoms. The van der Waals surface area contributed by atoms with Gasteiger partial charge in [-0.3, -0.25) is 0 Å². The predicted molar refractivity (Wildman–Crippen MR) is 35.3 cm³/mol. The van der Waals surface area contributed by atoms with Crippen molar-refractivity contribution in [1.82, 2.24) is 0 Å². The SMILES string of the molecule is CC[CH2][Ga].Cl.Cl. The Morgan fingerprint density at radius 1 is 1.33 bits per heavy atom. The van der Waals surface area contributed by atoms with Crippen molar-refractivity contribution in [3.63, 3.8) is 0 Å². The van der Waals surface area contributed by atoms with Gasteiger partial charge in [0.05, 0.1) is 0 Å². The molecular weight excluding hydrogens is 177 g/mol. The zero-order chi connectivity index (χ0) is 3.41. The van der Waals surface area contributed by atoms with Crippen molar-refractivity contribution in [3.05, 3.63) is 0 Å². The second-order valence-corrected chi connectivity index (χ2v) is 2.00. The molecule has 0 aliphatic rings. The van der Waals surface area contributed by atoms with Crippen LogP contribution in [-0.2, 0) is 0 Å². The molecule has 0 spiro atoms. The molecule has 2 radical (unpaired) electrons. The molecule has 38 valence electrons. The topological polar surface area (TPSA) is 0 Å². The summed E-state index contributed by atoms with van der Waals surface area (Å²) >= 11 is 1.82. The van der Waals surface area contributed by atoms with E-state index >= 15 is 0 Å². The third-order valence-corrected chi connectivity index (χ3v) is 1.50. The standard InChI is InChI=1S/C3H7.2ClH.Ga/c1-3-2;;;/h1,3H2,2H3;2*1H;. The molecule has 0 nitrogen and oxygen atoms in total. The van der Waals surface area contributed by atoms with E-state index in [0.29, 0.717) is 0 Å². The maximum Gasteiger partial charge on any atom is -0.147 e. The molecule has 0 N–H and O–H groups in total. The molecular formula is C3H9Cl2Ga. The van der Waals surface area contributed by atoms with Crippen LogP contribution in [0, 0.1) is 0 Å². The Hall–Kier alpha value is 1.22. The van der Waals surface area contributed by atoms with Gasteiger partial charge < -0.3 is 0 Å². The van der Waals surface area contributed by atoms with Crippen LogP contribution in [0.4, 0.5) is 0 Å². The minimum atomic E-state index is 0. The number of rotatable bonds is 1. The molecule has 0 aromatic rings. The van der Waals surface area contributed by atoms with Crippen LogP contribution < -0.4 is 0 Å².